The van der Waals surface area contributed by atoms with Crippen molar-refractivity contribution in [2.24, 2.45) is 11.7 Å². The number of benzene rings is 1. The minimum absolute atomic E-state index is 0.227. The average molecular weight is 272 g/mol. The highest BCUT2D eigenvalue weighted by molar-refractivity contribution is 5.32. The monoisotopic (exact) mass is 272 g/mol. The third-order valence-electron chi connectivity index (χ3n) is 3.91. The maximum absolute atomic E-state index is 13.0. The molecule has 0 bridgehead atoms. The maximum atomic E-state index is 13.0. The lowest BCUT2D eigenvalue weighted by molar-refractivity contribution is -0.138. The fourth-order valence-corrected chi connectivity index (χ4v) is 2.72. The summed E-state index contributed by atoms with van der Waals surface area (Å²) in [6.45, 7) is 4.03. The van der Waals surface area contributed by atoms with Crippen LogP contribution < -0.4 is 5.73 Å². The summed E-state index contributed by atoms with van der Waals surface area (Å²) in [5.41, 5.74) is 5.45. The maximum Gasteiger partial charge on any atom is 0.416 e. The minimum Gasteiger partial charge on any atom is -0.330 e. The predicted octanol–water partition coefficient (Wildman–Crippen LogP) is 3.05. The van der Waals surface area contributed by atoms with Gasteiger partial charge in [-0.3, -0.25) is 4.90 Å². The van der Waals surface area contributed by atoms with Crippen molar-refractivity contribution in [2.75, 3.05) is 19.6 Å². The summed E-state index contributed by atoms with van der Waals surface area (Å²) in [4.78, 5) is 2.09. The Morgan fingerprint density at radius 2 is 2.05 bits per heavy atom. The van der Waals surface area contributed by atoms with Crippen molar-refractivity contribution in [2.45, 2.75) is 25.6 Å². The molecule has 0 aliphatic carbocycles. The average Bonchev–Trinajstić information content (AvgIpc) is 2.85. The van der Waals surface area contributed by atoms with Crippen molar-refractivity contribution < 1.29 is 13.2 Å². The second-order valence-electron chi connectivity index (χ2n) is 5.15. The van der Waals surface area contributed by atoms with Crippen LogP contribution in [0.25, 0.3) is 0 Å². The van der Waals surface area contributed by atoms with Crippen molar-refractivity contribution >= 4 is 0 Å². The fourth-order valence-electron chi connectivity index (χ4n) is 2.72. The molecule has 5 heteroatoms. The van der Waals surface area contributed by atoms with E-state index in [4.69, 9.17) is 5.73 Å². The Balaban J connectivity index is 2.22. The molecule has 2 N–H and O–H groups in total. The van der Waals surface area contributed by atoms with Crippen LogP contribution in [0.4, 0.5) is 13.2 Å². The zero-order chi connectivity index (χ0) is 14.0. The molecule has 0 radical (unpaired) electrons. The number of hydrogen-bond donors (Lipinski definition) is 1. The zero-order valence-electron chi connectivity index (χ0n) is 11.0. The van der Waals surface area contributed by atoms with Gasteiger partial charge in [-0.15, -0.1) is 0 Å². The molecule has 106 valence electrons. The number of alkyl halides is 3. The molecule has 1 aliphatic rings. The van der Waals surface area contributed by atoms with Crippen LogP contribution >= 0.6 is 0 Å². The summed E-state index contributed by atoms with van der Waals surface area (Å²) in [6, 6.07) is 5.60. The van der Waals surface area contributed by atoms with Gasteiger partial charge in [-0.25, -0.2) is 0 Å². The lowest BCUT2D eigenvalue weighted by Gasteiger charge is -2.27. The van der Waals surface area contributed by atoms with E-state index in [0.29, 0.717) is 18.0 Å². The number of nitrogens with two attached hydrogens (primary N) is 1. The predicted molar refractivity (Wildman–Crippen MR) is 68.6 cm³/mol. The molecule has 0 saturated carbocycles. The molecule has 2 atom stereocenters. The van der Waals surface area contributed by atoms with Gasteiger partial charge >= 0.3 is 6.18 Å². The topological polar surface area (TPSA) is 29.3 Å². The molecule has 2 rings (SSSR count). The van der Waals surface area contributed by atoms with Gasteiger partial charge < -0.3 is 5.73 Å². The van der Waals surface area contributed by atoms with Gasteiger partial charge in [0.25, 0.3) is 0 Å². The highest BCUT2D eigenvalue weighted by atomic mass is 19.4. The van der Waals surface area contributed by atoms with Crippen molar-refractivity contribution in [1.29, 1.82) is 0 Å². The quantitative estimate of drug-likeness (QED) is 0.916. The van der Waals surface area contributed by atoms with Crippen LogP contribution in [-0.2, 0) is 6.18 Å². The molecular weight excluding hydrogens is 253 g/mol. The summed E-state index contributed by atoms with van der Waals surface area (Å²) in [5.74, 6) is 0.403. The SMILES string of the molecule is CC(c1ccccc1C(F)(F)F)N1CCC(CN)C1. The van der Waals surface area contributed by atoms with E-state index in [1.807, 2.05) is 6.92 Å². The number of likely N-dealkylation sites (tertiary alicyclic amines) is 1. The molecule has 19 heavy (non-hydrogen) atoms. The molecule has 0 amide bonds. The Kier molecular flexibility index (Phi) is 4.16. The van der Waals surface area contributed by atoms with E-state index in [1.165, 1.54) is 6.07 Å². The first kappa shape index (κ1) is 14.3. The summed E-state index contributed by atoms with van der Waals surface area (Å²) >= 11 is 0. The van der Waals surface area contributed by atoms with Crippen LogP contribution in [0.1, 0.15) is 30.5 Å². The first-order chi connectivity index (χ1) is 8.93. The smallest absolute Gasteiger partial charge is 0.330 e. The van der Waals surface area contributed by atoms with E-state index in [-0.39, 0.29) is 6.04 Å². The van der Waals surface area contributed by atoms with Crippen LogP contribution in [0, 0.1) is 5.92 Å². The number of rotatable bonds is 3. The Bertz CT molecular complexity index is 431. The van der Waals surface area contributed by atoms with Crippen LogP contribution in [0.5, 0.6) is 0 Å². The molecule has 1 fully saturated rings. The Labute approximate surface area is 111 Å². The van der Waals surface area contributed by atoms with Crippen molar-refractivity contribution in [3.05, 3.63) is 35.4 Å². The van der Waals surface area contributed by atoms with Gasteiger partial charge in [0.2, 0.25) is 0 Å². The molecule has 1 heterocycles. The van der Waals surface area contributed by atoms with Gasteiger partial charge in [0, 0.05) is 12.6 Å². The lowest BCUT2D eigenvalue weighted by Crippen LogP contribution is -2.27. The number of hydrogen-bond acceptors (Lipinski definition) is 2. The van der Waals surface area contributed by atoms with Crippen molar-refractivity contribution in [3.8, 4) is 0 Å². The molecular formula is C14H19F3N2. The second kappa shape index (κ2) is 5.51. The molecule has 0 aromatic heterocycles. The normalized spacial score (nSPS) is 22.7. The molecule has 0 spiro atoms. The zero-order valence-corrected chi connectivity index (χ0v) is 11.0. The Morgan fingerprint density at radius 1 is 1.37 bits per heavy atom. The van der Waals surface area contributed by atoms with E-state index < -0.39 is 11.7 Å². The van der Waals surface area contributed by atoms with Gasteiger partial charge in [-0.2, -0.15) is 13.2 Å². The van der Waals surface area contributed by atoms with Gasteiger partial charge in [0.15, 0.2) is 0 Å². The molecule has 1 aliphatic heterocycles. The number of nitrogens with zero attached hydrogens (tertiary/aromatic N) is 1. The van der Waals surface area contributed by atoms with E-state index in [1.54, 1.807) is 12.1 Å². The molecule has 1 aromatic carbocycles. The van der Waals surface area contributed by atoms with Crippen molar-refractivity contribution in [1.82, 2.24) is 4.90 Å². The summed E-state index contributed by atoms with van der Waals surface area (Å²) in [6.07, 6.45) is -3.33. The standard InChI is InChI=1S/C14H19F3N2/c1-10(19-7-6-11(8-18)9-19)12-4-2-3-5-13(12)14(15,16)17/h2-5,10-11H,6-9,18H2,1H3. The van der Waals surface area contributed by atoms with Crippen LogP contribution in [-0.4, -0.2) is 24.5 Å². The Morgan fingerprint density at radius 3 is 2.63 bits per heavy atom. The highest BCUT2D eigenvalue weighted by Crippen LogP contribution is 2.37. The summed E-state index contributed by atoms with van der Waals surface area (Å²) < 4.78 is 39.0. The van der Waals surface area contributed by atoms with Crippen LogP contribution in [0.2, 0.25) is 0 Å². The van der Waals surface area contributed by atoms with Crippen LogP contribution in [0.3, 0.4) is 0 Å². The Hall–Kier alpha value is -1.07. The first-order valence-corrected chi connectivity index (χ1v) is 6.53. The van der Waals surface area contributed by atoms with Gasteiger partial charge in [-0.05, 0) is 44.0 Å². The third-order valence-corrected chi connectivity index (χ3v) is 3.91. The second-order valence-corrected chi connectivity index (χ2v) is 5.15. The molecule has 2 nitrogen and oxygen atoms in total. The third kappa shape index (κ3) is 3.09. The van der Waals surface area contributed by atoms with E-state index in [2.05, 4.69) is 4.90 Å². The fraction of sp³-hybridized carbons (Fsp3) is 0.571. The van der Waals surface area contributed by atoms with E-state index in [0.717, 1.165) is 25.6 Å². The first-order valence-electron chi connectivity index (χ1n) is 6.53. The van der Waals surface area contributed by atoms with E-state index in [9.17, 15) is 13.2 Å². The van der Waals surface area contributed by atoms with Crippen LogP contribution in [0.15, 0.2) is 24.3 Å². The summed E-state index contributed by atoms with van der Waals surface area (Å²) in [7, 11) is 0. The number of halogens is 3. The summed E-state index contributed by atoms with van der Waals surface area (Å²) in [5, 5.41) is 0. The highest BCUT2D eigenvalue weighted by Gasteiger charge is 2.36. The van der Waals surface area contributed by atoms with Gasteiger partial charge in [0.05, 0.1) is 5.56 Å². The lowest BCUT2D eigenvalue weighted by atomic mass is 10.00. The van der Waals surface area contributed by atoms with Crippen molar-refractivity contribution in [3.63, 3.8) is 0 Å². The minimum atomic E-state index is -4.29. The largest absolute Gasteiger partial charge is 0.416 e. The molecule has 2 unspecified atom stereocenters. The van der Waals surface area contributed by atoms with Gasteiger partial charge in [0.1, 0.15) is 0 Å². The molecule has 1 aromatic rings. The van der Waals surface area contributed by atoms with Gasteiger partial charge in [-0.1, -0.05) is 18.2 Å². The molecule has 1 saturated heterocycles. The van der Waals surface area contributed by atoms with E-state index >= 15 is 0 Å².